The van der Waals surface area contributed by atoms with Gasteiger partial charge in [0, 0.05) is 24.8 Å². The number of rotatable bonds is 5. The van der Waals surface area contributed by atoms with Gasteiger partial charge in [0.15, 0.2) is 0 Å². The van der Waals surface area contributed by atoms with Crippen LogP contribution in [0.5, 0.6) is 0 Å². The van der Waals surface area contributed by atoms with Crippen LogP contribution >= 0.6 is 0 Å². The van der Waals surface area contributed by atoms with Gasteiger partial charge in [-0.15, -0.1) is 0 Å². The number of aliphatic hydroxyl groups is 1. The van der Waals surface area contributed by atoms with Crippen molar-refractivity contribution in [3.63, 3.8) is 0 Å². The molecule has 0 aromatic carbocycles. The maximum absolute atomic E-state index is 10.2. The normalized spacial score (nSPS) is 32.4. The SMILES string of the molecule is CC(C)CCC[C@@H](C)[C@H]1CC[C@H]2[C@@H]3CC=C4C[C@@H](O)CC[C@]4(C)[C@H]3CC[C@]12C.O=S(=O)(O)O.c1ccncc1.c1ccncc1. The van der Waals surface area contributed by atoms with Gasteiger partial charge in [0.25, 0.3) is 0 Å². The van der Waals surface area contributed by atoms with Crippen molar-refractivity contribution in [1.82, 2.24) is 9.97 Å². The van der Waals surface area contributed by atoms with Gasteiger partial charge in [0.2, 0.25) is 0 Å². The molecule has 6 rings (SSSR count). The number of aromatic nitrogens is 2. The highest BCUT2D eigenvalue weighted by molar-refractivity contribution is 7.79. The van der Waals surface area contributed by atoms with Gasteiger partial charge in [-0.25, -0.2) is 0 Å². The first-order valence-electron chi connectivity index (χ1n) is 17.0. The topological polar surface area (TPSA) is 121 Å². The number of pyridine rings is 2. The molecule has 0 unspecified atom stereocenters. The first-order valence-corrected chi connectivity index (χ1v) is 18.4. The van der Waals surface area contributed by atoms with Crippen molar-refractivity contribution in [2.24, 2.45) is 46.3 Å². The Morgan fingerprint density at radius 3 is 1.89 bits per heavy atom. The molecule has 3 N–H and O–H groups in total. The van der Waals surface area contributed by atoms with Crippen LogP contribution in [0.3, 0.4) is 0 Å². The van der Waals surface area contributed by atoms with Gasteiger partial charge in [-0.05, 0) is 122 Å². The van der Waals surface area contributed by atoms with Gasteiger partial charge in [-0.1, -0.05) is 77.7 Å². The quantitative estimate of drug-likeness (QED) is 0.220. The summed E-state index contributed by atoms with van der Waals surface area (Å²) in [6.07, 6.45) is 24.2. The fraction of sp³-hybridized carbons (Fsp3) is 0.676. The first kappa shape index (κ1) is 37.3. The minimum absolute atomic E-state index is 0.0766. The third kappa shape index (κ3) is 11.0. The Bertz CT molecular complexity index is 1170. The standard InChI is InChI=1S/C27H46O.2C5H5N.H2O4S/c1-18(2)7-6-8-19(3)23-11-12-24-22-10-9-20-17-21(28)13-15-26(20,4)25(22)14-16-27(23,24)5;2*1-2-4-6-5-3-1;1-5(2,3)4/h9,18-19,21-25,28H,6-8,10-17H2,1-5H3;2*1-5H;(H2,1,2,3,4)/t19-,21+,22+,23-,24+,25+,26+,27-;;;/m1.../s1. The van der Waals surface area contributed by atoms with Gasteiger partial charge < -0.3 is 5.11 Å². The van der Waals surface area contributed by atoms with Gasteiger partial charge >= 0.3 is 10.4 Å². The molecule has 0 bridgehead atoms. The van der Waals surface area contributed by atoms with Crippen molar-refractivity contribution < 1.29 is 22.6 Å². The van der Waals surface area contributed by atoms with E-state index in [9.17, 15) is 5.11 Å². The number of allylic oxidation sites excluding steroid dienone is 1. The molecule has 7 nitrogen and oxygen atoms in total. The molecule has 8 atom stereocenters. The van der Waals surface area contributed by atoms with E-state index >= 15 is 0 Å². The summed E-state index contributed by atoms with van der Waals surface area (Å²) in [5, 5.41) is 10.2. The van der Waals surface area contributed by atoms with E-state index in [2.05, 4.69) is 50.7 Å². The first-order chi connectivity index (χ1) is 21.3. The lowest BCUT2D eigenvalue weighted by Gasteiger charge is -2.58. The van der Waals surface area contributed by atoms with E-state index in [4.69, 9.17) is 17.5 Å². The van der Waals surface area contributed by atoms with Crippen LogP contribution in [0.2, 0.25) is 0 Å². The average Bonchev–Trinajstić information content (AvgIpc) is 3.36. The third-order valence-electron chi connectivity index (χ3n) is 11.4. The number of fused-ring (bicyclic) bond motifs is 5. The fourth-order valence-corrected chi connectivity index (χ4v) is 9.29. The van der Waals surface area contributed by atoms with Crippen molar-refractivity contribution in [2.75, 3.05) is 0 Å². The lowest BCUT2D eigenvalue weighted by Crippen LogP contribution is -2.50. The molecule has 0 saturated heterocycles. The summed E-state index contributed by atoms with van der Waals surface area (Å²) in [7, 11) is -4.67. The largest absolute Gasteiger partial charge is 0.394 e. The molecule has 45 heavy (non-hydrogen) atoms. The molecule has 0 aliphatic heterocycles. The van der Waals surface area contributed by atoms with E-state index in [1.807, 2.05) is 36.4 Å². The minimum atomic E-state index is -4.67. The zero-order chi connectivity index (χ0) is 33.1. The summed E-state index contributed by atoms with van der Waals surface area (Å²) in [6, 6.07) is 11.4. The van der Waals surface area contributed by atoms with Crippen LogP contribution in [0.25, 0.3) is 0 Å². The summed E-state index contributed by atoms with van der Waals surface area (Å²) < 4.78 is 31.6. The Kier molecular flexibility index (Phi) is 14.2. The molecule has 4 aliphatic rings. The molecule has 3 saturated carbocycles. The summed E-state index contributed by atoms with van der Waals surface area (Å²) in [5.41, 5.74) is 2.60. The monoisotopic (exact) mass is 642 g/mol. The third-order valence-corrected chi connectivity index (χ3v) is 11.4. The van der Waals surface area contributed by atoms with Gasteiger partial charge in [0.05, 0.1) is 6.10 Å². The van der Waals surface area contributed by atoms with E-state index in [-0.39, 0.29) is 6.10 Å². The molecule has 3 fully saturated rings. The minimum Gasteiger partial charge on any atom is -0.393 e. The molecule has 0 amide bonds. The summed E-state index contributed by atoms with van der Waals surface area (Å²) in [6.45, 7) is 12.6. The van der Waals surface area contributed by atoms with Crippen LogP contribution in [0.15, 0.2) is 72.8 Å². The van der Waals surface area contributed by atoms with Crippen molar-refractivity contribution >= 4 is 10.4 Å². The van der Waals surface area contributed by atoms with E-state index in [1.54, 1.807) is 30.4 Å². The van der Waals surface area contributed by atoms with E-state index < -0.39 is 10.4 Å². The molecular formula is C37H58N2O5S. The van der Waals surface area contributed by atoms with Gasteiger partial charge in [-0.3, -0.25) is 19.1 Å². The molecule has 8 heteroatoms. The van der Waals surface area contributed by atoms with E-state index in [1.165, 1.54) is 57.8 Å². The highest BCUT2D eigenvalue weighted by Crippen LogP contribution is 2.67. The molecular weight excluding hydrogens is 584 g/mol. The fourth-order valence-electron chi connectivity index (χ4n) is 9.29. The zero-order valence-corrected chi connectivity index (χ0v) is 28.9. The second-order valence-electron chi connectivity index (χ2n) is 14.7. The zero-order valence-electron chi connectivity index (χ0n) is 28.1. The molecule has 4 aliphatic carbocycles. The van der Waals surface area contributed by atoms with Crippen LogP contribution < -0.4 is 0 Å². The highest BCUT2D eigenvalue weighted by Gasteiger charge is 2.59. The summed E-state index contributed by atoms with van der Waals surface area (Å²) in [4.78, 5) is 7.57. The molecule has 0 spiro atoms. The lowest BCUT2D eigenvalue weighted by molar-refractivity contribution is -0.0573. The number of aliphatic hydroxyl groups excluding tert-OH is 1. The Balaban J connectivity index is 0.000000262. The average molecular weight is 643 g/mol. The van der Waals surface area contributed by atoms with Crippen molar-refractivity contribution in [3.8, 4) is 0 Å². The predicted octanol–water partition coefficient (Wildman–Crippen LogP) is 8.90. The Hall–Kier alpha value is -2.13. The molecule has 2 heterocycles. The number of hydrogen-bond donors (Lipinski definition) is 3. The second-order valence-corrected chi connectivity index (χ2v) is 15.6. The Morgan fingerprint density at radius 2 is 1.40 bits per heavy atom. The van der Waals surface area contributed by atoms with Gasteiger partial charge in [-0.2, -0.15) is 8.42 Å². The smallest absolute Gasteiger partial charge is 0.393 e. The van der Waals surface area contributed by atoms with Crippen LogP contribution in [0.1, 0.15) is 105 Å². The summed E-state index contributed by atoms with van der Waals surface area (Å²) >= 11 is 0. The van der Waals surface area contributed by atoms with Crippen molar-refractivity contribution in [2.45, 2.75) is 111 Å². The van der Waals surface area contributed by atoms with Crippen LogP contribution in [-0.4, -0.2) is 38.7 Å². The second kappa shape index (κ2) is 17.1. The predicted molar refractivity (Wildman–Crippen MR) is 182 cm³/mol. The molecule has 252 valence electrons. The highest BCUT2D eigenvalue weighted by atomic mass is 32.3. The maximum Gasteiger partial charge on any atom is 0.394 e. The Morgan fingerprint density at radius 1 is 0.822 bits per heavy atom. The number of hydrogen-bond acceptors (Lipinski definition) is 5. The van der Waals surface area contributed by atoms with Crippen LogP contribution in [0, 0.1) is 46.3 Å². The van der Waals surface area contributed by atoms with Crippen molar-refractivity contribution in [3.05, 3.63) is 72.8 Å². The molecule has 2 aromatic heterocycles. The van der Waals surface area contributed by atoms with E-state index in [0.29, 0.717) is 10.8 Å². The van der Waals surface area contributed by atoms with Crippen molar-refractivity contribution in [1.29, 1.82) is 0 Å². The summed E-state index contributed by atoms with van der Waals surface area (Å²) in [5.74, 6) is 5.46. The van der Waals surface area contributed by atoms with Crippen LogP contribution in [-0.2, 0) is 10.4 Å². The maximum atomic E-state index is 10.2. The molecule has 0 radical (unpaired) electrons. The van der Waals surface area contributed by atoms with Crippen LogP contribution in [0.4, 0.5) is 0 Å². The van der Waals surface area contributed by atoms with E-state index in [0.717, 1.165) is 48.3 Å². The Labute approximate surface area is 273 Å². The van der Waals surface area contributed by atoms with Gasteiger partial charge in [0.1, 0.15) is 0 Å². The lowest BCUT2D eigenvalue weighted by atomic mass is 9.47. The molecule has 2 aromatic rings. The number of nitrogens with zero attached hydrogens (tertiary/aromatic N) is 2.